The van der Waals surface area contributed by atoms with Crippen molar-refractivity contribution in [3.63, 3.8) is 0 Å². The summed E-state index contributed by atoms with van der Waals surface area (Å²) in [5, 5.41) is 6.97. The van der Waals surface area contributed by atoms with Gasteiger partial charge < -0.3 is 15.4 Å². The summed E-state index contributed by atoms with van der Waals surface area (Å²) < 4.78 is 18.8. The van der Waals surface area contributed by atoms with Gasteiger partial charge >= 0.3 is 0 Å². The van der Waals surface area contributed by atoms with Gasteiger partial charge in [0.2, 0.25) is 5.88 Å². The summed E-state index contributed by atoms with van der Waals surface area (Å²) in [6.45, 7) is 1.26. The molecule has 3 aromatic rings. The summed E-state index contributed by atoms with van der Waals surface area (Å²) >= 11 is 5.79. The molecule has 2 aromatic heterocycles. The highest BCUT2D eigenvalue weighted by Gasteiger charge is 2.03. The maximum absolute atomic E-state index is 13.2. The Bertz CT molecular complexity index is 948. The predicted molar refractivity (Wildman–Crippen MR) is 112 cm³/mol. The third-order valence-corrected chi connectivity index (χ3v) is 4.22. The second-order valence-corrected chi connectivity index (χ2v) is 6.54. The van der Waals surface area contributed by atoms with Crippen LogP contribution >= 0.6 is 11.6 Å². The fraction of sp³-hybridized carbons (Fsp3) is 0.190. The van der Waals surface area contributed by atoms with E-state index in [0.29, 0.717) is 35.8 Å². The van der Waals surface area contributed by atoms with Crippen LogP contribution in [0.3, 0.4) is 0 Å². The third-order valence-electron chi connectivity index (χ3n) is 3.99. The molecule has 3 rings (SSSR count). The second kappa shape index (κ2) is 10.4. The topological polar surface area (TPSA) is 71.4 Å². The lowest BCUT2D eigenvalue weighted by atomic mass is 10.2. The molecule has 2 N–H and O–H groups in total. The molecule has 8 heteroatoms. The lowest BCUT2D eigenvalue weighted by Crippen LogP contribution is -2.37. The lowest BCUT2D eigenvalue weighted by Gasteiger charge is -2.12. The number of rotatable bonds is 7. The van der Waals surface area contributed by atoms with Gasteiger partial charge in [-0.15, -0.1) is 0 Å². The smallest absolute Gasteiger partial charge is 0.219 e. The van der Waals surface area contributed by atoms with E-state index in [4.69, 9.17) is 16.3 Å². The van der Waals surface area contributed by atoms with Crippen LogP contribution in [0.2, 0.25) is 5.15 Å². The molecule has 1 aromatic carbocycles. The molecule has 6 nitrogen and oxygen atoms in total. The summed E-state index contributed by atoms with van der Waals surface area (Å²) in [6.07, 6.45) is 4.27. The number of guanidine groups is 1. The van der Waals surface area contributed by atoms with Crippen LogP contribution in [0.4, 0.5) is 4.39 Å². The van der Waals surface area contributed by atoms with Crippen molar-refractivity contribution in [1.29, 1.82) is 0 Å². The van der Waals surface area contributed by atoms with E-state index in [1.54, 1.807) is 43.7 Å². The fourth-order valence-corrected chi connectivity index (χ4v) is 2.62. The van der Waals surface area contributed by atoms with Gasteiger partial charge in [0.05, 0.1) is 0 Å². The molecule has 0 aliphatic rings. The molecule has 0 spiro atoms. The Labute approximate surface area is 173 Å². The highest BCUT2D eigenvalue weighted by molar-refractivity contribution is 6.29. The van der Waals surface area contributed by atoms with E-state index in [1.165, 1.54) is 12.1 Å². The standard InChI is InChI=1S/C21H21ClFN5O/c1-24-21(25-10-9-15-5-7-19(22)26-12-15)28-14-16-6-8-20(27-13-16)29-18-4-2-3-17(23)11-18/h2-8,11-13H,9-10,14H2,1H3,(H2,24,25,28). The van der Waals surface area contributed by atoms with Crippen molar-refractivity contribution in [2.45, 2.75) is 13.0 Å². The summed E-state index contributed by atoms with van der Waals surface area (Å²) in [5.41, 5.74) is 2.05. The van der Waals surface area contributed by atoms with E-state index in [1.807, 2.05) is 12.1 Å². The second-order valence-electron chi connectivity index (χ2n) is 6.16. The minimum atomic E-state index is -0.352. The molecule has 0 aliphatic heterocycles. The molecular formula is C21H21ClFN5O. The number of ether oxygens (including phenoxy) is 1. The minimum absolute atomic E-state index is 0.352. The zero-order valence-corrected chi connectivity index (χ0v) is 16.7. The van der Waals surface area contributed by atoms with E-state index < -0.39 is 0 Å². The normalized spacial score (nSPS) is 11.2. The van der Waals surface area contributed by atoms with Gasteiger partial charge in [-0.1, -0.05) is 29.8 Å². The first-order valence-corrected chi connectivity index (χ1v) is 9.43. The van der Waals surface area contributed by atoms with Crippen molar-refractivity contribution in [2.75, 3.05) is 13.6 Å². The lowest BCUT2D eigenvalue weighted by molar-refractivity contribution is 0.457. The Kier molecular flexibility index (Phi) is 7.35. The molecule has 0 bridgehead atoms. The van der Waals surface area contributed by atoms with Crippen LogP contribution in [0.1, 0.15) is 11.1 Å². The third kappa shape index (κ3) is 6.73. The summed E-state index contributed by atoms with van der Waals surface area (Å²) in [4.78, 5) is 12.5. The van der Waals surface area contributed by atoms with Gasteiger partial charge in [0.1, 0.15) is 16.7 Å². The molecule has 0 saturated carbocycles. The number of hydrogen-bond acceptors (Lipinski definition) is 4. The highest BCUT2D eigenvalue weighted by atomic mass is 35.5. The molecule has 150 valence electrons. The molecule has 0 aliphatic carbocycles. The van der Waals surface area contributed by atoms with Crippen LogP contribution in [0, 0.1) is 5.82 Å². The molecule has 0 amide bonds. The Hall–Kier alpha value is -3.19. The average molecular weight is 414 g/mol. The number of nitrogens with zero attached hydrogens (tertiary/aromatic N) is 3. The molecule has 0 fully saturated rings. The van der Waals surface area contributed by atoms with Gasteiger partial charge in [-0.3, -0.25) is 4.99 Å². The Balaban J connectivity index is 1.44. The van der Waals surface area contributed by atoms with Crippen LogP contribution < -0.4 is 15.4 Å². The average Bonchev–Trinajstić information content (AvgIpc) is 2.73. The summed E-state index contributed by atoms with van der Waals surface area (Å²) in [6, 6.07) is 13.3. The molecule has 29 heavy (non-hydrogen) atoms. The molecule has 0 atom stereocenters. The first-order valence-electron chi connectivity index (χ1n) is 9.05. The van der Waals surface area contributed by atoms with E-state index >= 15 is 0 Å². The van der Waals surface area contributed by atoms with E-state index in [-0.39, 0.29) is 5.82 Å². The van der Waals surface area contributed by atoms with Gasteiger partial charge in [-0.25, -0.2) is 14.4 Å². The van der Waals surface area contributed by atoms with Crippen molar-refractivity contribution < 1.29 is 9.13 Å². The van der Waals surface area contributed by atoms with Crippen molar-refractivity contribution in [1.82, 2.24) is 20.6 Å². The highest BCUT2D eigenvalue weighted by Crippen LogP contribution is 2.19. The van der Waals surface area contributed by atoms with Crippen molar-refractivity contribution in [3.8, 4) is 11.6 Å². The first kappa shape index (κ1) is 20.5. The Morgan fingerprint density at radius 2 is 1.90 bits per heavy atom. The van der Waals surface area contributed by atoms with Crippen molar-refractivity contribution in [2.24, 2.45) is 4.99 Å². The van der Waals surface area contributed by atoms with Gasteiger partial charge in [0.25, 0.3) is 0 Å². The number of hydrogen-bond donors (Lipinski definition) is 2. The molecule has 0 saturated heterocycles. The molecule has 0 unspecified atom stereocenters. The van der Waals surface area contributed by atoms with Crippen LogP contribution in [-0.2, 0) is 13.0 Å². The van der Waals surface area contributed by atoms with Crippen molar-refractivity contribution >= 4 is 17.6 Å². The first-order chi connectivity index (χ1) is 14.1. The monoisotopic (exact) mass is 413 g/mol. The summed E-state index contributed by atoms with van der Waals surface area (Å²) in [7, 11) is 1.72. The minimum Gasteiger partial charge on any atom is -0.439 e. The van der Waals surface area contributed by atoms with E-state index in [0.717, 1.165) is 17.5 Å². The SMILES string of the molecule is CN=C(NCCc1ccc(Cl)nc1)NCc1ccc(Oc2cccc(F)c2)nc1. The number of benzene rings is 1. The Morgan fingerprint density at radius 1 is 1.07 bits per heavy atom. The number of halogens is 2. The van der Waals surface area contributed by atoms with Gasteiger partial charge in [0.15, 0.2) is 5.96 Å². The van der Waals surface area contributed by atoms with Gasteiger partial charge in [-0.05, 0) is 35.7 Å². The molecular weight excluding hydrogens is 393 g/mol. The van der Waals surface area contributed by atoms with Crippen LogP contribution in [0.15, 0.2) is 65.9 Å². The number of aromatic nitrogens is 2. The maximum atomic E-state index is 13.2. The van der Waals surface area contributed by atoms with Gasteiger partial charge in [-0.2, -0.15) is 0 Å². The van der Waals surface area contributed by atoms with Crippen LogP contribution in [0.5, 0.6) is 11.6 Å². The predicted octanol–water partition coefficient (Wildman–Crippen LogP) is 3.97. The number of aliphatic imine (C=N–C) groups is 1. The maximum Gasteiger partial charge on any atom is 0.219 e. The number of pyridine rings is 2. The van der Waals surface area contributed by atoms with Crippen molar-refractivity contribution in [3.05, 3.63) is 83.0 Å². The quantitative estimate of drug-likeness (QED) is 0.348. The Morgan fingerprint density at radius 3 is 2.59 bits per heavy atom. The van der Waals surface area contributed by atoms with E-state index in [9.17, 15) is 4.39 Å². The van der Waals surface area contributed by atoms with Gasteiger partial charge in [0, 0.05) is 44.7 Å². The van der Waals surface area contributed by atoms with E-state index in [2.05, 4.69) is 25.6 Å². The molecule has 2 heterocycles. The molecule has 0 radical (unpaired) electrons. The van der Waals surface area contributed by atoms with Crippen LogP contribution in [0.25, 0.3) is 0 Å². The zero-order valence-electron chi connectivity index (χ0n) is 15.9. The zero-order chi connectivity index (χ0) is 20.5. The largest absolute Gasteiger partial charge is 0.439 e. The summed E-state index contributed by atoms with van der Waals surface area (Å²) in [5.74, 6) is 1.14. The van der Waals surface area contributed by atoms with Crippen LogP contribution in [-0.4, -0.2) is 29.5 Å². The number of nitrogens with one attached hydrogen (secondary N) is 2. The fourth-order valence-electron chi connectivity index (χ4n) is 2.51.